The molecular formula is C13H14Cl2N4O2. The molecule has 2 atom stereocenters. The number of nitrogens with one attached hydrogen (secondary N) is 1. The van der Waals surface area contributed by atoms with Crippen LogP contribution in [0.15, 0.2) is 30.9 Å². The van der Waals surface area contributed by atoms with Gasteiger partial charge in [0, 0.05) is 22.2 Å². The van der Waals surface area contributed by atoms with Gasteiger partial charge in [-0.2, -0.15) is 5.10 Å². The lowest BCUT2D eigenvalue weighted by molar-refractivity contribution is -0.124. The number of halogens is 2. The van der Waals surface area contributed by atoms with E-state index in [9.17, 15) is 9.90 Å². The number of amides is 1. The third kappa shape index (κ3) is 3.72. The molecule has 0 spiro atoms. The van der Waals surface area contributed by atoms with E-state index in [1.807, 2.05) is 0 Å². The van der Waals surface area contributed by atoms with Crippen LogP contribution in [-0.4, -0.2) is 32.3 Å². The highest BCUT2D eigenvalue weighted by atomic mass is 35.5. The van der Waals surface area contributed by atoms with Gasteiger partial charge in [0.2, 0.25) is 5.91 Å². The molecule has 2 rings (SSSR count). The summed E-state index contributed by atoms with van der Waals surface area (Å²) < 4.78 is 1.42. The van der Waals surface area contributed by atoms with Crippen LogP contribution in [0, 0.1) is 0 Å². The monoisotopic (exact) mass is 328 g/mol. The lowest BCUT2D eigenvalue weighted by Gasteiger charge is -2.17. The molecule has 0 radical (unpaired) electrons. The minimum atomic E-state index is -0.988. The molecule has 2 N–H and O–H groups in total. The number of benzene rings is 1. The van der Waals surface area contributed by atoms with E-state index < -0.39 is 12.1 Å². The first-order valence-electron chi connectivity index (χ1n) is 6.24. The van der Waals surface area contributed by atoms with E-state index in [0.29, 0.717) is 15.6 Å². The van der Waals surface area contributed by atoms with Crippen LogP contribution >= 0.6 is 23.2 Å². The number of hydrogen-bond donors (Lipinski definition) is 2. The number of nitrogens with zero attached hydrogens (tertiary/aromatic N) is 3. The molecule has 0 fully saturated rings. The second-order valence-corrected chi connectivity index (χ2v) is 5.26. The summed E-state index contributed by atoms with van der Waals surface area (Å²) in [6.45, 7) is 1.68. The van der Waals surface area contributed by atoms with Crippen LogP contribution in [-0.2, 0) is 4.79 Å². The SMILES string of the molecule is C[C@H](C(=O)NC[C@H](O)c1c(Cl)cccc1Cl)n1cncn1. The van der Waals surface area contributed by atoms with Crippen LogP contribution in [0.1, 0.15) is 24.6 Å². The lowest BCUT2D eigenvalue weighted by atomic mass is 10.1. The van der Waals surface area contributed by atoms with Gasteiger partial charge in [-0.1, -0.05) is 29.3 Å². The highest BCUT2D eigenvalue weighted by Gasteiger charge is 2.19. The van der Waals surface area contributed by atoms with E-state index in [0.717, 1.165) is 0 Å². The highest BCUT2D eigenvalue weighted by molar-refractivity contribution is 6.36. The molecule has 0 aliphatic carbocycles. The smallest absolute Gasteiger partial charge is 0.244 e. The average molecular weight is 329 g/mol. The van der Waals surface area contributed by atoms with Crippen molar-refractivity contribution in [2.75, 3.05) is 6.54 Å². The van der Waals surface area contributed by atoms with Crippen molar-refractivity contribution in [3.8, 4) is 0 Å². The molecule has 0 bridgehead atoms. The van der Waals surface area contributed by atoms with E-state index in [2.05, 4.69) is 15.4 Å². The third-order valence-electron chi connectivity index (χ3n) is 3.02. The first kappa shape index (κ1) is 15.8. The first-order valence-corrected chi connectivity index (χ1v) is 7.00. The number of aliphatic hydroxyl groups excluding tert-OH is 1. The minimum Gasteiger partial charge on any atom is -0.386 e. The van der Waals surface area contributed by atoms with Gasteiger partial charge in [0.05, 0.1) is 6.10 Å². The second-order valence-electron chi connectivity index (χ2n) is 4.45. The molecule has 0 unspecified atom stereocenters. The van der Waals surface area contributed by atoms with E-state index in [4.69, 9.17) is 23.2 Å². The Labute approximate surface area is 131 Å². The molecular weight excluding hydrogens is 315 g/mol. The molecule has 6 nitrogen and oxygen atoms in total. The van der Waals surface area contributed by atoms with Crippen molar-refractivity contribution in [3.05, 3.63) is 46.5 Å². The van der Waals surface area contributed by atoms with Gasteiger partial charge in [-0.25, -0.2) is 9.67 Å². The molecule has 1 heterocycles. The first-order chi connectivity index (χ1) is 10.0. The number of aromatic nitrogens is 3. The van der Waals surface area contributed by atoms with Crippen molar-refractivity contribution < 1.29 is 9.90 Å². The zero-order chi connectivity index (χ0) is 15.4. The van der Waals surface area contributed by atoms with Crippen molar-refractivity contribution in [2.24, 2.45) is 0 Å². The van der Waals surface area contributed by atoms with Crippen molar-refractivity contribution in [1.82, 2.24) is 20.1 Å². The van der Waals surface area contributed by atoms with Gasteiger partial charge in [-0.05, 0) is 19.1 Å². The van der Waals surface area contributed by atoms with Crippen LogP contribution in [0.2, 0.25) is 10.0 Å². The van der Waals surface area contributed by atoms with Gasteiger partial charge in [-0.15, -0.1) is 0 Å². The maximum Gasteiger partial charge on any atom is 0.244 e. The van der Waals surface area contributed by atoms with E-state index in [-0.39, 0.29) is 12.5 Å². The van der Waals surface area contributed by atoms with Crippen molar-refractivity contribution in [2.45, 2.75) is 19.1 Å². The van der Waals surface area contributed by atoms with E-state index >= 15 is 0 Å². The van der Waals surface area contributed by atoms with Gasteiger partial charge < -0.3 is 10.4 Å². The van der Waals surface area contributed by atoms with Crippen LogP contribution in [0.5, 0.6) is 0 Å². The predicted molar refractivity (Wildman–Crippen MR) is 79.2 cm³/mol. The van der Waals surface area contributed by atoms with Crippen LogP contribution in [0.4, 0.5) is 0 Å². The Morgan fingerprint density at radius 1 is 1.43 bits per heavy atom. The molecule has 2 aromatic rings. The lowest BCUT2D eigenvalue weighted by Crippen LogP contribution is -2.34. The zero-order valence-electron chi connectivity index (χ0n) is 11.2. The Balaban J connectivity index is 1.98. The van der Waals surface area contributed by atoms with Crippen LogP contribution in [0.3, 0.4) is 0 Å². The van der Waals surface area contributed by atoms with Gasteiger partial charge in [0.25, 0.3) is 0 Å². The van der Waals surface area contributed by atoms with Crippen LogP contribution in [0.25, 0.3) is 0 Å². The number of carbonyl (C=O) groups excluding carboxylic acids is 1. The van der Waals surface area contributed by atoms with Gasteiger partial charge in [0.1, 0.15) is 18.7 Å². The fourth-order valence-electron chi connectivity index (χ4n) is 1.81. The summed E-state index contributed by atoms with van der Waals surface area (Å²) >= 11 is 12.0. The molecule has 0 saturated heterocycles. The molecule has 1 aromatic carbocycles. The summed E-state index contributed by atoms with van der Waals surface area (Å²) in [7, 11) is 0. The summed E-state index contributed by atoms with van der Waals surface area (Å²) in [4.78, 5) is 15.7. The summed E-state index contributed by atoms with van der Waals surface area (Å²) in [5.74, 6) is -0.289. The maximum absolute atomic E-state index is 12.0. The molecule has 0 saturated carbocycles. The quantitative estimate of drug-likeness (QED) is 0.879. The van der Waals surface area contributed by atoms with E-state index in [1.165, 1.54) is 17.3 Å². The third-order valence-corrected chi connectivity index (χ3v) is 3.67. The standard InChI is InChI=1S/C13H14Cl2N4O2/c1-8(19-7-16-6-18-19)13(21)17-5-11(20)12-9(14)3-2-4-10(12)15/h2-4,6-8,11,20H,5H2,1H3,(H,17,21)/t8-,11+/m1/s1. The number of aliphatic hydroxyl groups is 1. The highest BCUT2D eigenvalue weighted by Crippen LogP contribution is 2.29. The van der Waals surface area contributed by atoms with Crippen LogP contribution < -0.4 is 5.32 Å². The van der Waals surface area contributed by atoms with Gasteiger partial charge in [-0.3, -0.25) is 4.79 Å². The average Bonchev–Trinajstić information content (AvgIpc) is 2.97. The Morgan fingerprint density at radius 3 is 2.67 bits per heavy atom. The van der Waals surface area contributed by atoms with Gasteiger partial charge in [0.15, 0.2) is 0 Å². The van der Waals surface area contributed by atoms with Crippen molar-refractivity contribution in [1.29, 1.82) is 0 Å². The number of carbonyl (C=O) groups is 1. The number of rotatable bonds is 5. The topological polar surface area (TPSA) is 80.0 Å². The summed E-state index contributed by atoms with van der Waals surface area (Å²) in [6.07, 6.45) is 1.81. The van der Waals surface area contributed by atoms with E-state index in [1.54, 1.807) is 25.1 Å². The molecule has 0 aliphatic rings. The second kappa shape index (κ2) is 6.89. The summed E-state index contributed by atoms with van der Waals surface area (Å²) in [6, 6.07) is 4.42. The molecule has 1 amide bonds. The molecule has 0 aliphatic heterocycles. The predicted octanol–water partition coefficient (Wildman–Crippen LogP) is 2.00. The Hall–Kier alpha value is -1.63. The Morgan fingerprint density at radius 2 is 2.10 bits per heavy atom. The Bertz CT molecular complexity index is 598. The zero-order valence-corrected chi connectivity index (χ0v) is 12.7. The van der Waals surface area contributed by atoms with Crippen molar-refractivity contribution >= 4 is 29.1 Å². The van der Waals surface area contributed by atoms with Gasteiger partial charge >= 0.3 is 0 Å². The maximum atomic E-state index is 12.0. The molecule has 112 valence electrons. The Kier molecular flexibility index (Phi) is 5.17. The fraction of sp³-hybridized carbons (Fsp3) is 0.308. The molecule has 1 aromatic heterocycles. The summed E-state index contributed by atoms with van der Waals surface area (Å²) in [5.41, 5.74) is 0.398. The van der Waals surface area contributed by atoms with Crippen molar-refractivity contribution in [3.63, 3.8) is 0 Å². The minimum absolute atomic E-state index is 0.00131. The largest absolute Gasteiger partial charge is 0.386 e. The summed E-state index contributed by atoms with van der Waals surface area (Å²) in [5, 5.41) is 17.4. The molecule has 21 heavy (non-hydrogen) atoms. The normalized spacial score (nSPS) is 13.7. The molecule has 8 heteroatoms. The number of hydrogen-bond acceptors (Lipinski definition) is 4. The fourth-order valence-corrected chi connectivity index (χ4v) is 2.46.